The normalized spacial score (nSPS) is 10.8. The lowest BCUT2D eigenvalue weighted by Crippen LogP contribution is -2.23. The number of rotatable bonds is 4. The molecule has 0 radical (unpaired) electrons. The van der Waals surface area contributed by atoms with E-state index >= 15 is 0 Å². The van der Waals surface area contributed by atoms with Crippen LogP contribution in [-0.4, -0.2) is 28.4 Å². The standard InChI is InChI=1S/C11H17N5O/c1-8-4-5-9(17-8)6-7-15(2)11-14-13-10(12)16(11)3/h4-5H,6-7H2,1-3H3,(H2,12,13). The summed E-state index contributed by atoms with van der Waals surface area (Å²) in [6.45, 7) is 2.75. The summed E-state index contributed by atoms with van der Waals surface area (Å²) in [6, 6.07) is 3.96. The molecule has 0 spiro atoms. The van der Waals surface area contributed by atoms with Gasteiger partial charge in [0.1, 0.15) is 11.5 Å². The molecule has 6 heteroatoms. The van der Waals surface area contributed by atoms with Gasteiger partial charge in [-0.1, -0.05) is 0 Å². The molecule has 6 nitrogen and oxygen atoms in total. The Morgan fingerprint density at radius 1 is 1.41 bits per heavy atom. The van der Waals surface area contributed by atoms with Crippen LogP contribution in [0.5, 0.6) is 0 Å². The molecule has 0 amide bonds. The number of anilines is 2. The van der Waals surface area contributed by atoms with Crippen molar-refractivity contribution < 1.29 is 4.42 Å². The van der Waals surface area contributed by atoms with E-state index in [0.29, 0.717) is 5.95 Å². The molecule has 0 atom stereocenters. The predicted octanol–water partition coefficient (Wildman–Crippen LogP) is 0.978. The maximum absolute atomic E-state index is 5.63. The average molecular weight is 235 g/mol. The van der Waals surface area contributed by atoms with Gasteiger partial charge in [0.2, 0.25) is 11.9 Å². The zero-order valence-corrected chi connectivity index (χ0v) is 10.3. The number of nitrogens with zero attached hydrogens (tertiary/aromatic N) is 4. The SMILES string of the molecule is Cc1ccc(CCN(C)c2nnc(N)n2C)o1. The predicted molar refractivity (Wildman–Crippen MR) is 65.8 cm³/mol. The number of nitrogen functional groups attached to an aromatic ring is 1. The number of aryl methyl sites for hydroxylation is 1. The number of aromatic nitrogens is 3. The van der Waals surface area contributed by atoms with Crippen LogP contribution in [-0.2, 0) is 13.5 Å². The number of nitrogens with two attached hydrogens (primary N) is 1. The van der Waals surface area contributed by atoms with Crippen LogP contribution >= 0.6 is 0 Å². The molecule has 0 aliphatic heterocycles. The van der Waals surface area contributed by atoms with Gasteiger partial charge in [0.15, 0.2) is 0 Å². The van der Waals surface area contributed by atoms with Crippen LogP contribution in [0.4, 0.5) is 11.9 Å². The molecule has 0 fully saturated rings. The van der Waals surface area contributed by atoms with Gasteiger partial charge in [0.05, 0.1) is 0 Å². The molecular weight excluding hydrogens is 218 g/mol. The summed E-state index contributed by atoms with van der Waals surface area (Å²) in [4.78, 5) is 2.00. The van der Waals surface area contributed by atoms with Crippen LogP contribution in [0.1, 0.15) is 11.5 Å². The third-order valence-corrected chi connectivity index (χ3v) is 2.72. The van der Waals surface area contributed by atoms with Crippen LogP contribution in [0, 0.1) is 6.92 Å². The Bertz CT molecular complexity index is 502. The van der Waals surface area contributed by atoms with E-state index in [9.17, 15) is 0 Å². The zero-order chi connectivity index (χ0) is 12.4. The average Bonchev–Trinajstić information content (AvgIpc) is 2.84. The fraction of sp³-hybridized carbons (Fsp3) is 0.455. The van der Waals surface area contributed by atoms with Gasteiger partial charge in [-0.2, -0.15) is 0 Å². The summed E-state index contributed by atoms with van der Waals surface area (Å²) < 4.78 is 7.27. The second-order valence-corrected chi connectivity index (χ2v) is 4.10. The van der Waals surface area contributed by atoms with Crippen molar-refractivity contribution in [2.24, 2.45) is 7.05 Å². The van der Waals surface area contributed by atoms with Gasteiger partial charge in [0, 0.05) is 27.1 Å². The lowest BCUT2D eigenvalue weighted by Gasteiger charge is -2.16. The minimum atomic E-state index is 0.417. The molecule has 2 N–H and O–H groups in total. The van der Waals surface area contributed by atoms with Crippen molar-refractivity contribution in [3.8, 4) is 0 Å². The van der Waals surface area contributed by atoms with E-state index in [1.54, 1.807) is 4.57 Å². The summed E-state index contributed by atoms with van der Waals surface area (Å²) in [6.07, 6.45) is 0.830. The van der Waals surface area contributed by atoms with Gasteiger partial charge in [-0.15, -0.1) is 10.2 Å². The van der Waals surface area contributed by atoms with Crippen molar-refractivity contribution in [2.45, 2.75) is 13.3 Å². The topological polar surface area (TPSA) is 73.1 Å². The zero-order valence-electron chi connectivity index (χ0n) is 10.3. The molecule has 0 saturated carbocycles. The maximum Gasteiger partial charge on any atom is 0.228 e. The monoisotopic (exact) mass is 235 g/mol. The van der Waals surface area contributed by atoms with Gasteiger partial charge in [-0.05, 0) is 19.1 Å². The third-order valence-electron chi connectivity index (χ3n) is 2.72. The fourth-order valence-electron chi connectivity index (χ4n) is 1.66. The van der Waals surface area contributed by atoms with E-state index in [0.717, 1.165) is 30.4 Å². The van der Waals surface area contributed by atoms with Gasteiger partial charge in [-0.25, -0.2) is 0 Å². The van der Waals surface area contributed by atoms with Crippen LogP contribution in [0.2, 0.25) is 0 Å². The molecule has 17 heavy (non-hydrogen) atoms. The summed E-state index contributed by atoms with van der Waals surface area (Å²) in [5.41, 5.74) is 5.63. The Morgan fingerprint density at radius 2 is 2.18 bits per heavy atom. The Kier molecular flexibility index (Phi) is 3.03. The molecule has 2 heterocycles. The number of hydrogen-bond acceptors (Lipinski definition) is 5. The quantitative estimate of drug-likeness (QED) is 0.855. The highest BCUT2D eigenvalue weighted by Gasteiger charge is 2.11. The molecule has 0 unspecified atom stereocenters. The lowest BCUT2D eigenvalue weighted by atomic mass is 10.3. The van der Waals surface area contributed by atoms with E-state index in [1.165, 1.54) is 0 Å². The van der Waals surface area contributed by atoms with Gasteiger partial charge >= 0.3 is 0 Å². The summed E-state index contributed by atoms with van der Waals surface area (Å²) in [5.74, 6) is 3.08. The Morgan fingerprint density at radius 3 is 2.71 bits per heavy atom. The van der Waals surface area contributed by atoms with Crippen molar-refractivity contribution in [3.05, 3.63) is 23.7 Å². The molecule has 2 rings (SSSR count). The Hall–Kier alpha value is -1.98. The maximum atomic E-state index is 5.63. The second kappa shape index (κ2) is 4.48. The van der Waals surface area contributed by atoms with Crippen molar-refractivity contribution in [3.63, 3.8) is 0 Å². The molecule has 2 aromatic rings. The van der Waals surface area contributed by atoms with E-state index in [4.69, 9.17) is 10.2 Å². The molecule has 0 saturated heterocycles. The highest BCUT2D eigenvalue weighted by Crippen LogP contribution is 2.12. The van der Waals surface area contributed by atoms with E-state index in [1.807, 2.05) is 38.1 Å². The van der Waals surface area contributed by atoms with E-state index in [-0.39, 0.29) is 0 Å². The van der Waals surface area contributed by atoms with Crippen LogP contribution < -0.4 is 10.6 Å². The first-order valence-corrected chi connectivity index (χ1v) is 5.49. The van der Waals surface area contributed by atoms with Crippen LogP contribution in [0.25, 0.3) is 0 Å². The molecule has 2 aromatic heterocycles. The largest absolute Gasteiger partial charge is 0.466 e. The summed E-state index contributed by atoms with van der Waals surface area (Å²) in [7, 11) is 3.80. The van der Waals surface area contributed by atoms with Crippen molar-refractivity contribution in [1.82, 2.24) is 14.8 Å². The molecule has 0 bridgehead atoms. The highest BCUT2D eigenvalue weighted by atomic mass is 16.3. The van der Waals surface area contributed by atoms with E-state index < -0.39 is 0 Å². The van der Waals surface area contributed by atoms with Crippen molar-refractivity contribution >= 4 is 11.9 Å². The smallest absolute Gasteiger partial charge is 0.228 e. The van der Waals surface area contributed by atoms with Crippen LogP contribution in [0.15, 0.2) is 16.5 Å². The molecule has 0 aliphatic carbocycles. The number of likely N-dealkylation sites (N-methyl/N-ethyl adjacent to an activating group) is 1. The van der Waals surface area contributed by atoms with Crippen LogP contribution in [0.3, 0.4) is 0 Å². The van der Waals surface area contributed by atoms with Gasteiger partial charge < -0.3 is 15.1 Å². The minimum absolute atomic E-state index is 0.417. The van der Waals surface area contributed by atoms with Gasteiger partial charge in [0.25, 0.3) is 0 Å². The molecule has 0 aliphatic rings. The highest BCUT2D eigenvalue weighted by molar-refractivity contribution is 5.35. The first-order valence-electron chi connectivity index (χ1n) is 5.49. The number of furan rings is 1. The number of hydrogen-bond donors (Lipinski definition) is 1. The Balaban J connectivity index is 1.98. The molecule has 92 valence electrons. The third kappa shape index (κ3) is 2.41. The van der Waals surface area contributed by atoms with Crippen molar-refractivity contribution in [1.29, 1.82) is 0 Å². The fourth-order valence-corrected chi connectivity index (χ4v) is 1.66. The molecular formula is C11H17N5O. The van der Waals surface area contributed by atoms with Crippen molar-refractivity contribution in [2.75, 3.05) is 24.2 Å². The van der Waals surface area contributed by atoms with E-state index in [2.05, 4.69) is 10.2 Å². The van der Waals surface area contributed by atoms with Gasteiger partial charge in [-0.3, -0.25) is 4.57 Å². The minimum Gasteiger partial charge on any atom is -0.466 e. The summed E-state index contributed by atoms with van der Waals surface area (Å²) >= 11 is 0. The first-order chi connectivity index (χ1) is 8.08. The lowest BCUT2D eigenvalue weighted by molar-refractivity contribution is 0.482. The first kappa shape index (κ1) is 11.5. The second-order valence-electron chi connectivity index (χ2n) is 4.10. The Labute approximate surface area is 100 Å². The molecule has 0 aromatic carbocycles. The summed E-state index contributed by atoms with van der Waals surface area (Å²) in [5, 5.41) is 7.84.